The standard InChI is InChI=1S/C25H18ClNO2S/c26-20-7-9-24-22(12-20)19(15-30-24)14-27-13-18(11-25(28)29)21-8-6-17(10-23(21)27)16-4-2-1-3-5-16/h1-10,12-13,15H,11,14H2,(H,28,29). The van der Waals surface area contributed by atoms with Gasteiger partial charge in [0.05, 0.1) is 6.42 Å². The lowest BCUT2D eigenvalue weighted by molar-refractivity contribution is -0.136. The summed E-state index contributed by atoms with van der Waals surface area (Å²) in [6, 6.07) is 22.4. The zero-order valence-corrected chi connectivity index (χ0v) is 17.6. The Labute approximate surface area is 182 Å². The lowest BCUT2D eigenvalue weighted by atomic mass is 10.0. The molecule has 0 aliphatic carbocycles. The highest BCUT2D eigenvalue weighted by Crippen LogP contribution is 2.32. The molecular formula is C25H18ClNO2S. The van der Waals surface area contributed by atoms with Gasteiger partial charge in [-0.1, -0.05) is 54.1 Å². The molecule has 3 nitrogen and oxygen atoms in total. The summed E-state index contributed by atoms with van der Waals surface area (Å²) >= 11 is 7.93. The fraction of sp³-hybridized carbons (Fsp3) is 0.0800. The van der Waals surface area contributed by atoms with Crippen molar-refractivity contribution in [1.82, 2.24) is 4.57 Å². The lowest BCUT2D eigenvalue weighted by Gasteiger charge is -2.07. The molecule has 30 heavy (non-hydrogen) atoms. The number of fused-ring (bicyclic) bond motifs is 2. The van der Waals surface area contributed by atoms with Crippen LogP contribution >= 0.6 is 22.9 Å². The molecule has 5 aromatic rings. The molecule has 0 bridgehead atoms. The van der Waals surface area contributed by atoms with Crippen molar-refractivity contribution in [3.8, 4) is 11.1 Å². The van der Waals surface area contributed by atoms with Crippen LogP contribution in [0.3, 0.4) is 0 Å². The third-order valence-electron chi connectivity index (χ3n) is 5.37. The monoisotopic (exact) mass is 431 g/mol. The Hall–Kier alpha value is -3.08. The molecule has 5 heteroatoms. The van der Waals surface area contributed by atoms with Crippen molar-refractivity contribution in [2.24, 2.45) is 0 Å². The smallest absolute Gasteiger partial charge is 0.307 e. The zero-order valence-electron chi connectivity index (χ0n) is 16.0. The van der Waals surface area contributed by atoms with Crippen LogP contribution in [0.25, 0.3) is 32.1 Å². The van der Waals surface area contributed by atoms with Gasteiger partial charge in [0.1, 0.15) is 0 Å². The van der Waals surface area contributed by atoms with Gasteiger partial charge in [-0.2, -0.15) is 0 Å². The molecule has 0 unspecified atom stereocenters. The summed E-state index contributed by atoms with van der Waals surface area (Å²) in [6.45, 7) is 0.661. The van der Waals surface area contributed by atoms with Crippen LogP contribution in [0.4, 0.5) is 0 Å². The Balaban J connectivity index is 1.65. The lowest BCUT2D eigenvalue weighted by Crippen LogP contribution is -2.00. The van der Waals surface area contributed by atoms with E-state index in [4.69, 9.17) is 11.6 Å². The van der Waals surface area contributed by atoms with E-state index in [-0.39, 0.29) is 6.42 Å². The number of aromatic nitrogens is 1. The van der Waals surface area contributed by atoms with E-state index in [0.29, 0.717) is 6.54 Å². The Morgan fingerprint density at radius 2 is 1.77 bits per heavy atom. The number of carbonyl (C=O) groups is 1. The molecule has 3 aromatic carbocycles. The van der Waals surface area contributed by atoms with Crippen molar-refractivity contribution in [2.75, 3.05) is 0 Å². The van der Waals surface area contributed by atoms with Crippen molar-refractivity contribution in [1.29, 1.82) is 0 Å². The van der Waals surface area contributed by atoms with E-state index in [2.05, 4.69) is 34.2 Å². The molecule has 0 aliphatic heterocycles. The second-order valence-electron chi connectivity index (χ2n) is 7.35. The Kier molecular flexibility index (Phi) is 4.81. The van der Waals surface area contributed by atoms with E-state index in [1.807, 2.05) is 48.7 Å². The van der Waals surface area contributed by atoms with Crippen molar-refractivity contribution < 1.29 is 9.90 Å². The molecule has 0 amide bonds. The number of halogens is 1. The molecule has 1 N–H and O–H groups in total. The topological polar surface area (TPSA) is 42.2 Å². The Bertz CT molecular complexity index is 1380. The summed E-state index contributed by atoms with van der Waals surface area (Å²) < 4.78 is 3.35. The Morgan fingerprint density at radius 3 is 2.57 bits per heavy atom. The van der Waals surface area contributed by atoms with E-state index >= 15 is 0 Å². The molecule has 2 heterocycles. The first-order valence-corrected chi connectivity index (χ1v) is 10.9. The van der Waals surface area contributed by atoms with Gasteiger partial charge in [0, 0.05) is 33.4 Å². The first-order chi connectivity index (χ1) is 14.6. The van der Waals surface area contributed by atoms with Crippen molar-refractivity contribution in [3.63, 3.8) is 0 Å². The fourth-order valence-electron chi connectivity index (χ4n) is 3.97. The zero-order chi connectivity index (χ0) is 20.7. The van der Waals surface area contributed by atoms with E-state index < -0.39 is 5.97 Å². The average Bonchev–Trinajstić information content (AvgIpc) is 3.29. The molecule has 0 saturated heterocycles. The molecule has 0 fully saturated rings. The first kappa shape index (κ1) is 18.9. The third kappa shape index (κ3) is 3.49. The van der Waals surface area contributed by atoms with Gasteiger partial charge in [-0.15, -0.1) is 11.3 Å². The number of aliphatic carboxylic acids is 1. The quantitative estimate of drug-likeness (QED) is 0.330. The van der Waals surface area contributed by atoms with Gasteiger partial charge in [0.2, 0.25) is 0 Å². The van der Waals surface area contributed by atoms with Crippen LogP contribution in [0.15, 0.2) is 78.3 Å². The van der Waals surface area contributed by atoms with Crippen LogP contribution in [0.5, 0.6) is 0 Å². The average molecular weight is 432 g/mol. The fourth-order valence-corrected chi connectivity index (χ4v) is 5.08. The number of carboxylic acids is 1. The van der Waals surface area contributed by atoms with Crippen LogP contribution < -0.4 is 0 Å². The highest BCUT2D eigenvalue weighted by Gasteiger charge is 2.14. The van der Waals surface area contributed by atoms with Crippen LogP contribution in [0.1, 0.15) is 11.1 Å². The second-order valence-corrected chi connectivity index (χ2v) is 8.70. The number of nitrogens with zero attached hydrogens (tertiary/aromatic N) is 1. The molecule has 5 rings (SSSR count). The van der Waals surface area contributed by atoms with Gasteiger partial charge in [0.15, 0.2) is 0 Å². The van der Waals surface area contributed by atoms with Crippen molar-refractivity contribution >= 4 is 49.9 Å². The molecule has 0 aliphatic rings. The number of thiophene rings is 1. The van der Waals surface area contributed by atoms with Gasteiger partial charge >= 0.3 is 5.97 Å². The minimum Gasteiger partial charge on any atom is -0.481 e. The highest BCUT2D eigenvalue weighted by molar-refractivity contribution is 7.17. The summed E-state index contributed by atoms with van der Waals surface area (Å²) in [5.74, 6) is -0.825. The van der Waals surface area contributed by atoms with Gasteiger partial charge in [-0.25, -0.2) is 0 Å². The number of carboxylic acid groups (broad SMARTS) is 1. The maximum Gasteiger partial charge on any atom is 0.307 e. The van der Waals surface area contributed by atoms with Crippen molar-refractivity contribution in [3.05, 3.63) is 94.5 Å². The summed E-state index contributed by atoms with van der Waals surface area (Å²) in [4.78, 5) is 11.4. The van der Waals surface area contributed by atoms with Gasteiger partial charge in [-0.3, -0.25) is 4.79 Å². The molecule has 0 atom stereocenters. The van der Waals surface area contributed by atoms with E-state index in [1.165, 1.54) is 10.3 Å². The van der Waals surface area contributed by atoms with E-state index in [9.17, 15) is 9.90 Å². The molecule has 148 valence electrons. The first-order valence-electron chi connectivity index (χ1n) is 9.63. The van der Waals surface area contributed by atoms with Crippen LogP contribution in [0.2, 0.25) is 5.02 Å². The minimum atomic E-state index is -0.825. The van der Waals surface area contributed by atoms with E-state index in [0.717, 1.165) is 38.0 Å². The minimum absolute atomic E-state index is 0.00436. The van der Waals surface area contributed by atoms with Crippen molar-refractivity contribution in [2.45, 2.75) is 13.0 Å². The number of rotatable bonds is 5. The molecule has 0 spiro atoms. The van der Waals surface area contributed by atoms with Gasteiger partial charge in [0.25, 0.3) is 0 Å². The van der Waals surface area contributed by atoms with Gasteiger partial charge < -0.3 is 9.67 Å². The molecule has 0 saturated carbocycles. The predicted molar refractivity (Wildman–Crippen MR) is 125 cm³/mol. The molecule has 2 aromatic heterocycles. The summed E-state index contributed by atoms with van der Waals surface area (Å²) in [7, 11) is 0. The molecule has 0 radical (unpaired) electrons. The van der Waals surface area contributed by atoms with Crippen LogP contribution in [-0.2, 0) is 17.8 Å². The van der Waals surface area contributed by atoms with Crippen LogP contribution in [-0.4, -0.2) is 15.6 Å². The molecular weight excluding hydrogens is 414 g/mol. The maximum atomic E-state index is 11.4. The second kappa shape index (κ2) is 7.63. The van der Waals surface area contributed by atoms with Crippen LogP contribution in [0, 0.1) is 0 Å². The number of hydrogen-bond donors (Lipinski definition) is 1. The van der Waals surface area contributed by atoms with E-state index in [1.54, 1.807) is 11.3 Å². The third-order valence-corrected chi connectivity index (χ3v) is 6.62. The maximum absolute atomic E-state index is 11.4. The predicted octanol–water partition coefficient (Wildman–Crippen LogP) is 6.85. The van der Waals surface area contributed by atoms with Gasteiger partial charge in [-0.05, 0) is 57.3 Å². The largest absolute Gasteiger partial charge is 0.481 e. The summed E-state index contributed by atoms with van der Waals surface area (Å²) in [6.07, 6.45) is 1.98. The highest BCUT2D eigenvalue weighted by atomic mass is 35.5. The number of benzene rings is 3. The summed E-state index contributed by atoms with van der Waals surface area (Å²) in [5.41, 5.74) is 5.30. The summed E-state index contributed by atoms with van der Waals surface area (Å²) in [5, 5.41) is 14.4. The number of hydrogen-bond acceptors (Lipinski definition) is 2. The Morgan fingerprint density at radius 1 is 0.933 bits per heavy atom. The SMILES string of the molecule is O=C(O)Cc1cn(Cc2csc3ccc(Cl)cc23)c2cc(-c3ccccc3)ccc12. The normalized spacial score (nSPS) is 11.4.